The number of likely N-dealkylation sites (N-methyl/N-ethyl adjacent to an activating group) is 1. The first-order chi connectivity index (χ1) is 16.0. The average molecular weight is 462 g/mol. The van der Waals surface area contributed by atoms with Crippen LogP contribution in [0, 0.1) is 0 Å². The summed E-state index contributed by atoms with van der Waals surface area (Å²) in [5.41, 5.74) is 3.85. The molecule has 1 aromatic heterocycles. The number of piperazine rings is 1. The van der Waals surface area contributed by atoms with Crippen molar-refractivity contribution in [3.63, 3.8) is 0 Å². The van der Waals surface area contributed by atoms with Crippen molar-refractivity contribution in [2.45, 2.75) is 38.3 Å². The molecule has 172 valence electrons. The van der Waals surface area contributed by atoms with Gasteiger partial charge in [-0.1, -0.05) is 56.3 Å². The summed E-state index contributed by atoms with van der Waals surface area (Å²) in [5, 5.41) is 16.6. The van der Waals surface area contributed by atoms with Gasteiger partial charge in [0.05, 0.1) is 22.5 Å². The molecule has 0 bridgehead atoms. The number of rotatable bonds is 4. The minimum atomic E-state index is -0.487. The van der Waals surface area contributed by atoms with Crippen molar-refractivity contribution in [3.8, 4) is 0 Å². The highest BCUT2D eigenvalue weighted by Gasteiger charge is 2.32. The van der Waals surface area contributed by atoms with Crippen LogP contribution in [0.1, 0.15) is 48.6 Å². The summed E-state index contributed by atoms with van der Waals surface area (Å²) < 4.78 is 0. The van der Waals surface area contributed by atoms with E-state index in [9.17, 15) is 5.11 Å². The molecule has 1 fully saturated rings. The van der Waals surface area contributed by atoms with E-state index in [1.54, 1.807) is 11.3 Å². The van der Waals surface area contributed by atoms with Gasteiger partial charge in [-0.3, -0.25) is 4.90 Å². The maximum atomic E-state index is 10.9. The molecule has 0 spiro atoms. The van der Waals surface area contributed by atoms with Crippen LogP contribution in [0.15, 0.2) is 59.6 Å². The Labute approximate surface area is 199 Å². The molecule has 2 N–H and O–H groups in total. The van der Waals surface area contributed by atoms with Gasteiger partial charge in [-0.05, 0) is 31.2 Å². The number of benzene rings is 2. The number of nitrogens with zero attached hydrogens (tertiary/aromatic N) is 4. The molecule has 0 amide bonds. The second-order valence-electron chi connectivity index (χ2n) is 9.20. The number of hydrogen-bond acceptors (Lipinski definition) is 7. The largest absolute Gasteiger partial charge is 0.388 e. The molecule has 3 aromatic rings. The third kappa shape index (κ3) is 4.53. The molecular formula is C26H31N5OS. The highest BCUT2D eigenvalue weighted by molar-refractivity contribution is 7.16. The first-order valence-electron chi connectivity index (χ1n) is 11.6. The molecular weight excluding hydrogens is 430 g/mol. The van der Waals surface area contributed by atoms with Crippen molar-refractivity contribution < 1.29 is 5.11 Å². The highest BCUT2D eigenvalue weighted by Crippen LogP contribution is 2.39. The number of aliphatic imine (C=N–C) groups is 1. The van der Waals surface area contributed by atoms with Crippen LogP contribution < -0.4 is 5.32 Å². The van der Waals surface area contributed by atoms with Gasteiger partial charge in [0.1, 0.15) is 10.7 Å². The molecule has 2 aromatic carbocycles. The molecule has 0 unspecified atom stereocenters. The van der Waals surface area contributed by atoms with Gasteiger partial charge < -0.3 is 15.3 Å². The summed E-state index contributed by atoms with van der Waals surface area (Å²) in [6.07, 6.45) is 0.194. The summed E-state index contributed by atoms with van der Waals surface area (Å²) in [5.74, 6) is 1.29. The van der Waals surface area contributed by atoms with E-state index >= 15 is 0 Å². The molecule has 2 atom stereocenters. The van der Waals surface area contributed by atoms with Gasteiger partial charge in [0.25, 0.3) is 0 Å². The standard InChI is InChI=1S/C26H31N5OS/c1-17(2)25-29-23-24(27-20-11-7-8-12-21(20)28-26(23)33-25)31-14-13-30(3)19(16-31)15-22(32)18-9-5-4-6-10-18/h4-12,17,19,22,28,32H,13-16H2,1-3H3/t19-,22-/m0/s1. The van der Waals surface area contributed by atoms with Crippen LogP contribution in [0.2, 0.25) is 0 Å². The van der Waals surface area contributed by atoms with Gasteiger partial charge >= 0.3 is 0 Å². The summed E-state index contributed by atoms with van der Waals surface area (Å²) in [7, 11) is 2.15. The van der Waals surface area contributed by atoms with E-state index < -0.39 is 6.10 Å². The smallest absolute Gasteiger partial charge is 0.158 e. The van der Waals surface area contributed by atoms with Crippen molar-refractivity contribution in [1.29, 1.82) is 0 Å². The Morgan fingerprint density at radius 1 is 1.09 bits per heavy atom. The van der Waals surface area contributed by atoms with E-state index in [-0.39, 0.29) is 6.04 Å². The Hall–Kier alpha value is -2.74. The van der Waals surface area contributed by atoms with E-state index in [1.807, 2.05) is 42.5 Å². The summed E-state index contributed by atoms with van der Waals surface area (Å²) >= 11 is 1.72. The van der Waals surface area contributed by atoms with Gasteiger partial charge in [0.2, 0.25) is 0 Å². The predicted molar refractivity (Wildman–Crippen MR) is 136 cm³/mol. The van der Waals surface area contributed by atoms with Crippen molar-refractivity contribution in [2.75, 3.05) is 32.0 Å². The lowest BCUT2D eigenvalue weighted by molar-refractivity contribution is 0.0769. The molecule has 3 heterocycles. The number of aromatic nitrogens is 1. The molecule has 5 rings (SSSR count). The van der Waals surface area contributed by atoms with Gasteiger partial charge in [-0.2, -0.15) is 0 Å². The fraction of sp³-hybridized carbons (Fsp3) is 0.385. The first kappa shape index (κ1) is 22.1. The van der Waals surface area contributed by atoms with Crippen molar-refractivity contribution in [1.82, 2.24) is 14.8 Å². The number of para-hydroxylation sites is 2. The van der Waals surface area contributed by atoms with Gasteiger partial charge in [-0.15, -0.1) is 11.3 Å². The van der Waals surface area contributed by atoms with Gasteiger partial charge in [-0.25, -0.2) is 9.98 Å². The van der Waals surface area contributed by atoms with Crippen LogP contribution >= 0.6 is 11.3 Å². The molecule has 33 heavy (non-hydrogen) atoms. The molecule has 2 aliphatic heterocycles. The number of aliphatic hydroxyl groups is 1. The van der Waals surface area contributed by atoms with Crippen molar-refractivity contribution >= 4 is 33.5 Å². The Morgan fingerprint density at radius 2 is 1.85 bits per heavy atom. The number of hydrogen-bond donors (Lipinski definition) is 2. The van der Waals surface area contributed by atoms with Crippen LogP contribution in [0.25, 0.3) is 0 Å². The second kappa shape index (κ2) is 9.25. The topological polar surface area (TPSA) is 64.0 Å². The average Bonchev–Trinajstić information content (AvgIpc) is 3.18. The first-order valence-corrected chi connectivity index (χ1v) is 12.4. The van der Waals surface area contributed by atoms with E-state index in [4.69, 9.17) is 9.98 Å². The minimum absolute atomic E-state index is 0.217. The Bertz CT molecular complexity index is 1140. The third-order valence-electron chi connectivity index (χ3n) is 6.48. The lowest BCUT2D eigenvalue weighted by Crippen LogP contribution is -2.53. The summed E-state index contributed by atoms with van der Waals surface area (Å²) in [6.45, 7) is 6.95. The number of aliphatic hydroxyl groups excluding tert-OH is 1. The van der Waals surface area contributed by atoms with E-state index in [0.29, 0.717) is 12.3 Å². The maximum absolute atomic E-state index is 10.9. The molecule has 6 nitrogen and oxygen atoms in total. The molecule has 2 aliphatic rings. The second-order valence-corrected chi connectivity index (χ2v) is 10.2. The Balaban J connectivity index is 1.46. The predicted octanol–water partition coefficient (Wildman–Crippen LogP) is 5.14. The van der Waals surface area contributed by atoms with Crippen LogP contribution in [0.5, 0.6) is 0 Å². The van der Waals surface area contributed by atoms with Gasteiger partial charge in [0, 0.05) is 31.6 Å². The number of nitrogens with one attached hydrogen (secondary N) is 1. The quantitative estimate of drug-likeness (QED) is 0.563. The Kier molecular flexibility index (Phi) is 6.19. The maximum Gasteiger partial charge on any atom is 0.158 e. The van der Waals surface area contributed by atoms with Crippen LogP contribution in [-0.2, 0) is 0 Å². The molecule has 0 aliphatic carbocycles. The third-order valence-corrected chi connectivity index (χ3v) is 7.76. The van der Waals surface area contributed by atoms with E-state index in [0.717, 1.165) is 58.1 Å². The van der Waals surface area contributed by atoms with E-state index in [1.165, 1.54) is 0 Å². The van der Waals surface area contributed by atoms with E-state index in [2.05, 4.69) is 48.1 Å². The zero-order chi connectivity index (χ0) is 22.9. The normalized spacial score (nSPS) is 19.4. The zero-order valence-corrected chi connectivity index (χ0v) is 20.2. The SMILES string of the molecule is CC(C)c1nc2c(s1)Nc1ccccc1N=C2N1CCN(C)[C@@H](C[C@H](O)c2ccccc2)C1. The summed E-state index contributed by atoms with van der Waals surface area (Å²) in [4.78, 5) is 14.9. The zero-order valence-electron chi connectivity index (χ0n) is 19.4. The van der Waals surface area contributed by atoms with Crippen molar-refractivity contribution in [2.24, 2.45) is 4.99 Å². The fourth-order valence-corrected chi connectivity index (χ4v) is 5.44. The van der Waals surface area contributed by atoms with Crippen LogP contribution in [0.3, 0.4) is 0 Å². The number of amidine groups is 1. The van der Waals surface area contributed by atoms with Crippen LogP contribution in [-0.4, -0.2) is 58.4 Å². The molecule has 1 saturated heterocycles. The number of thiazole rings is 1. The summed E-state index contributed by atoms with van der Waals surface area (Å²) in [6, 6.07) is 18.3. The fourth-order valence-electron chi connectivity index (χ4n) is 4.47. The monoisotopic (exact) mass is 461 g/mol. The molecule has 0 radical (unpaired) electrons. The Morgan fingerprint density at radius 3 is 2.64 bits per heavy atom. The lowest BCUT2D eigenvalue weighted by atomic mass is 9.99. The van der Waals surface area contributed by atoms with Gasteiger partial charge in [0.15, 0.2) is 5.84 Å². The number of fused-ring (bicyclic) bond motifs is 2. The van der Waals surface area contributed by atoms with Crippen LogP contribution in [0.4, 0.5) is 16.4 Å². The number of anilines is 2. The van der Waals surface area contributed by atoms with Crippen molar-refractivity contribution in [3.05, 3.63) is 70.9 Å². The minimum Gasteiger partial charge on any atom is -0.388 e. The lowest BCUT2D eigenvalue weighted by Gasteiger charge is -2.41. The molecule has 0 saturated carbocycles. The highest BCUT2D eigenvalue weighted by atomic mass is 32.1. The molecule has 7 heteroatoms.